The highest BCUT2D eigenvalue weighted by atomic mass is 35.5. The van der Waals surface area contributed by atoms with Crippen LogP contribution in [0.15, 0.2) is 41.3 Å². The number of fused-ring (bicyclic) bond motifs is 8. The Hall–Kier alpha value is -3.99. The van der Waals surface area contributed by atoms with Crippen LogP contribution in [0.5, 0.6) is 5.75 Å². The Morgan fingerprint density at radius 1 is 1.08 bits per heavy atom. The molecule has 5 aromatic rings. The Balaban J connectivity index is 0.00000205. The van der Waals surface area contributed by atoms with Gasteiger partial charge in [0.1, 0.15) is 11.4 Å². The van der Waals surface area contributed by atoms with E-state index in [1.165, 1.54) is 0 Å². The molecule has 0 fully saturated rings. The van der Waals surface area contributed by atoms with E-state index >= 15 is 0 Å². The van der Waals surface area contributed by atoms with Gasteiger partial charge in [-0.2, -0.15) is 10.2 Å². The van der Waals surface area contributed by atoms with Gasteiger partial charge in [0.05, 0.1) is 28.5 Å². The first kappa shape index (κ1) is 34.9. The second kappa shape index (κ2) is 14.9. The number of carboxylic acid groups (broad SMARTS) is 1. The number of aromatic carboxylic acids is 1. The van der Waals surface area contributed by atoms with Crippen molar-refractivity contribution in [3.05, 3.63) is 86.6 Å². The number of nitrogens with one attached hydrogen (secondary N) is 1. The molecule has 49 heavy (non-hydrogen) atoms. The lowest BCUT2D eigenvalue weighted by Gasteiger charge is -2.14. The Bertz CT molecular complexity index is 2060. The molecule has 2 aliphatic heterocycles. The molecule has 5 heterocycles. The molecule has 7 rings (SSSR count). The van der Waals surface area contributed by atoms with Crippen molar-refractivity contribution in [3.63, 3.8) is 0 Å². The zero-order chi connectivity index (χ0) is 34.8. The predicted octanol–water partition coefficient (Wildman–Crippen LogP) is 8.35. The third-order valence-electron chi connectivity index (χ3n) is 9.27. The van der Waals surface area contributed by atoms with Crippen LogP contribution in [0.2, 0.25) is 5.02 Å². The maximum absolute atomic E-state index is 12.8. The fourth-order valence-corrected chi connectivity index (χ4v) is 8.45. The highest BCUT2D eigenvalue weighted by Gasteiger charge is 2.29. The van der Waals surface area contributed by atoms with Gasteiger partial charge in [-0.15, -0.1) is 11.8 Å². The van der Waals surface area contributed by atoms with Crippen molar-refractivity contribution in [1.82, 2.24) is 29.4 Å². The van der Waals surface area contributed by atoms with E-state index in [1.54, 1.807) is 16.3 Å². The second-order valence-electron chi connectivity index (χ2n) is 12.4. The van der Waals surface area contributed by atoms with Gasteiger partial charge in [0.15, 0.2) is 0 Å². The average molecular weight is 701 g/mol. The van der Waals surface area contributed by atoms with Gasteiger partial charge in [-0.1, -0.05) is 43.7 Å². The molecular weight excluding hydrogens is 656 g/mol. The highest BCUT2D eigenvalue weighted by molar-refractivity contribution is 7.98. The van der Waals surface area contributed by atoms with Gasteiger partial charge >= 0.3 is 5.97 Å². The largest absolute Gasteiger partial charge is 0.493 e. The van der Waals surface area contributed by atoms with Crippen molar-refractivity contribution < 1.29 is 14.6 Å². The molecule has 2 aliphatic rings. The number of hydrogen-bond acceptors (Lipinski definition) is 6. The number of allylic oxidation sites excluding steroid dienone is 1. The number of rotatable bonds is 2. The summed E-state index contributed by atoms with van der Waals surface area (Å²) in [5.74, 6) is 0.655. The van der Waals surface area contributed by atoms with Gasteiger partial charge in [-0.25, -0.2) is 4.79 Å². The first-order valence-corrected chi connectivity index (χ1v) is 18.5. The molecule has 9 nitrogen and oxygen atoms in total. The van der Waals surface area contributed by atoms with Crippen LogP contribution in [0, 0.1) is 6.92 Å². The van der Waals surface area contributed by atoms with Crippen LogP contribution in [0.3, 0.4) is 0 Å². The minimum atomic E-state index is -0.955. The van der Waals surface area contributed by atoms with Crippen molar-refractivity contribution in [2.24, 2.45) is 14.1 Å². The van der Waals surface area contributed by atoms with E-state index in [0.717, 1.165) is 97.3 Å². The number of nitrogens with zero attached hydrogens (tertiary/aromatic N) is 5. The smallest absolute Gasteiger partial charge is 0.352 e. The number of carboxylic acids is 1. The van der Waals surface area contributed by atoms with Crippen molar-refractivity contribution in [3.8, 4) is 16.9 Å². The molecule has 8 bridgehead atoms. The Morgan fingerprint density at radius 2 is 1.90 bits per heavy atom. The van der Waals surface area contributed by atoms with E-state index in [1.807, 2.05) is 57.8 Å². The zero-order valence-corrected chi connectivity index (χ0v) is 30.8. The van der Waals surface area contributed by atoms with Crippen LogP contribution in [0.25, 0.3) is 28.1 Å². The molecule has 0 amide bonds. The summed E-state index contributed by atoms with van der Waals surface area (Å²) in [6.07, 6.45) is 7.23. The van der Waals surface area contributed by atoms with Crippen LogP contribution >= 0.6 is 23.4 Å². The molecule has 0 saturated carbocycles. The zero-order valence-electron chi connectivity index (χ0n) is 29.2. The average Bonchev–Trinajstić information content (AvgIpc) is 3.83. The van der Waals surface area contributed by atoms with E-state index in [2.05, 4.69) is 41.2 Å². The Kier molecular flexibility index (Phi) is 10.6. The molecule has 11 heteroatoms. The number of hydrogen-bond donors (Lipinski definition) is 2. The predicted molar refractivity (Wildman–Crippen MR) is 199 cm³/mol. The van der Waals surface area contributed by atoms with Crippen LogP contribution in [-0.2, 0) is 52.3 Å². The Labute approximate surface area is 297 Å². The molecule has 0 spiro atoms. The molecule has 258 valence electrons. The number of thioether (sulfide) groups is 1. The van der Waals surface area contributed by atoms with Crippen LogP contribution in [0.1, 0.15) is 83.6 Å². The lowest BCUT2D eigenvalue weighted by atomic mass is 9.97. The van der Waals surface area contributed by atoms with Crippen LogP contribution < -0.4 is 10.1 Å². The second-order valence-corrected chi connectivity index (χ2v) is 13.8. The molecule has 0 aliphatic carbocycles. The van der Waals surface area contributed by atoms with Gasteiger partial charge in [-0.05, 0) is 74.9 Å². The van der Waals surface area contributed by atoms with Gasteiger partial charge in [-0.3, -0.25) is 9.36 Å². The SMILES string of the molecule is C/C=C\c1c(C)cc2cc1OCCCc1c(C(=O)O)n(C)c3c(c(Cl)ccc13)-c1c(nn3c1CCC3)CNCc1cc(n(C)n1)CS2.CC. The van der Waals surface area contributed by atoms with E-state index in [-0.39, 0.29) is 5.69 Å². The lowest BCUT2D eigenvalue weighted by molar-refractivity contribution is 0.0685. The van der Waals surface area contributed by atoms with Crippen molar-refractivity contribution in [2.75, 3.05) is 6.61 Å². The van der Waals surface area contributed by atoms with E-state index in [4.69, 9.17) is 26.5 Å². The minimum Gasteiger partial charge on any atom is -0.493 e. The Morgan fingerprint density at radius 3 is 2.67 bits per heavy atom. The number of halogens is 1. The maximum Gasteiger partial charge on any atom is 0.352 e. The summed E-state index contributed by atoms with van der Waals surface area (Å²) in [6.45, 7) is 10.5. The summed E-state index contributed by atoms with van der Waals surface area (Å²) in [5, 5.41) is 25.4. The molecule has 0 radical (unpaired) electrons. The lowest BCUT2D eigenvalue weighted by Crippen LogP contribution is -2.15. The first-order chi connectivity index (χ1) is 23.7. The monoisotopic (exact) mass is 700 g/mol. The van der Waals surface area contributed by atoms with E-state index in [0.29, 0.717) is 37.6 Å². The molecule has 2 aromatic carbocycles. The van der Waals surface area contributed by atoms with Crippen LogP contribution in [-0.4, -0.2) is 41.8 Å². The molecular formula is C38H45ClN6O3S. The maximum atomic E-state index is 12.8. The highest BCUT2D eigenvalue weighted by Crippen LogP contribution is 2.43. The number of ether oxygens (including phenoxy) is 1. The normalized spacial score (nSPS) is 15.0. The van der Waals surface area contributed by atoms with Gasteiger partial charge in [0.2, 0.25) is 0 Å². The summed E-state index contributed by atoms with van der Waals surface area (Å²) in [4.78, 5) is 13.9. The van der Waals surface area contributed by atoms with E-state index in [9.17, 15) is 9.90 Å². The third kappa shape index (κ3) is 6.66. The fourth-order valence-electron chi connectivity index (χ4n) is 7.17. The summed E-state index contributed by atoms with van der Waals surface area (Å²) >= 11 is 8.81. The fraction of sp³-hybridized carbons (Fsp3) is 0.395. The summed E-state index contributed by atoms with van der Waals surface area (Å²) < 4.78 is 12.3. The van der Waals surface area contributed by atoms with Gasteiger partial charge < -0.3 is 19.7 Å². The van der Waals surface area contributed by atoms with Crippen molar-refractivity contribution >= 4 is 46.3 Å². The quantitative estimate of drug-likeness (QED) is 0.191. The van der Waals surface area contributed by atoms with Crippen molar-refractivity contribution in [2.45, 2.75) is 83.7 Å². The molecule has 0 atom stereocenters. The molecule has 2 N–H and O–H groups in total. The minimum absolute atomic E-state index is 0.281. The van der Waals surface area contributed by atoms with Gasteiger partial charge in [0.25, 0.3) is 0 Å². The van der Waals surface area contributed by atoms with E-state index < -0.39 is 5.97 Å². The van der Waals surface area contributed by atoms with Crippen molar-refractivity contribution in [1.29, 1.82) is 0 Å². The van der Waals surface area contributed by atoms with Crippen LogP contribution in [0.4, 0.5) is 0 Å². The summed E-state index contributed by atoms with van der Waals surface area (Å²) in [7, 11) is 3.83. The molecule has 3 aromatic heterocycles. The first-order valence-electron chi connectivity index (χ1n) is 17.1. The summed E-state index contributed by atoms with van der Waals surface area (Å²) in [6, 6.07) is 10.4. The summed E-state index contributed by atoms with van der Waals surface area (Å²) in [5.41, 5.74) is 10.1. The third-order valence-corrected chi connectivity index (χ3v) is 10.6. The number of aryl methyl sites for hydroxylation is 5. The number of benzene rings is 2. The molecule has 0 unspecified atom stereocenters. The number of carbonyl (C=O) groups is 1. The van der Waals surface area contributed by atoms with Gasteiger partial charge in [0, 0.05) is 77.8 Å². The standard InChI is InChI=1S/C36H39ClN6O3S.C2H6/c1-5-8-25-21(2)15-24-17-31(25)46-14-7-9-26-27-11-12-28(37)32(34(27)41(3)35(26)36(44)45)33-29(40-43-13-6-10-30(33)43)19-38-18-22-16-23(20-47-24)42(4)39-22;1-2/h5,8,11-12,15-17,38H,6-7,9-10,13-14,18-20H2,1-4H3,(H,44,45);1-2H3/b8-5-;. The molecule has 0 saturated heterocycles. The number of aromatic nitrogens is 5. The topological polar surface area (TPSA) is 99.1 Å².